The molecule has 0 heterocycles. The van der Waals surface area contributed by atoms with Crippen LogP contribution in [0.2, 0.25) is 0 Å². The van der Waals surface area contributed by atoms with Crippen LogP contribution in [-0.2, 0) is 64.4 Å². The van der Waals surface area contributed by atoms with E-state index in [1.807, 2.05) is 0 Å². The average molecular weight is 1310 g/mol. The molecule has 0 amide bonds. The Morgan fingerprint density at radius 2 is 0.114 bits per heavy atom. The van der Waals surface area contributed by atoms with E-state index >= 15 is 0 Å². The van der Waals surface area contributed by atoms with Crippen molar-refractivity contribution >= 4 is 0 Å². The summed E-state index contributed by atoms with van der Waals surface area (Å²) in [6, 6.07) is 0. The van der Waals surface area contributed by atoms with E-state index in [0.29, 0.717) is 0 Å². The van der Waals surface area contributed by atoms with Gasteiger partial charge in [-0.05, 0) is 0 Å². The second-order valence-electron chi connectivity index (χ2n) is 10.8. The Bertz CT molecular complexity index is 3120. The Morgan fingerprint density at radius 1 is 0.0886 bits per heavy atom. The molecule has 0 aliphatic rings. The molecule has 0 aliphatic heterocycles. The van der Waals surface area contributed by atoms with Gasteiger partial charge < -0.3 is 0 Å². The van der Waals surface area contributed by atoms with E-state index in [-0.39, 0.29) is 51.4 Å². The maximum Gasteiger partial charge on any atom is 1.00 e. The molecule has 0 rings (SSSR count). The van der Waals surface area contributed by atoms with Crippen LogP contribution in [0.15, 0.2) is 0 Å². The van der Waals surface area contributed by atoms with Crippen LogP contribution in [0, 0.1) is 368 Å². The van der Waals surface area contributed by atoms with Gasteiger partial charge >= 0.3 is 484 Å². The maximum absolute atomic E-state index is 8.58. The molecule has 36 nitrogen and oxygen atoms in total. The van der Waals surface area contributed by atoms with Gasteiger partial charge in [0.05, 0.1) is 0 Å². The summed E-state index contributed by atoms with van der Waals surface area (Å²) in [5, 5.41) is 309. The second-order valence-corrected chi connectivity index (χ2v) is 44.5. The van der Waals surface area contributed by atoms with Crippen LogP contribution < -0.4 is 51.4 Å². The minimum absolute atomic E-state index is 0. The van der Waals surface area contributed by atoms with Crippen LogP contribution in [0.5, 0.6) is 0 Å². The van der Waals surface area contributed by atoms with Crippen molar-refractivity contribution in [3.8, 4) is 179 Å². The first-order valence-corrected chi connectivity index (χ1v) is 34.3. The first-order chi connectivity index (χ1) is 35.8. The van der Waals surface area contributed by atoms with Crippen molar-refractivity contribution < 1.29 is 116 Å². The van der Waals surface area contributed by atoms with Gasteiger partial charge in [0, 0.05) is 0 Å². The monoisotopic (exact) mass is 1310 g/mol. The van der Waals surface area contributed by atoms with Crippen molar-refractivity contribution in [1.29, 1.82) is 189 Å². The van der Waals surface area contributed by atoms with E-state index < -0.39 is 64.4 Å². The first kappa shape index (κ1) is 79.5. The van der Waals surface area contributed by atoms with E-state index in [2.05, 4.69) is 0 Å². The molecule has 0 unspecified atom stereocenters. The van der Waals surface area contributed by atoms with Gasteiger partial charge in [-0.15, -0.1) is 0 Å². The molecule has 390 valence electrons. The minimum atomic E-state index is -6.17. The molecule has 43 heteroatoms. The molecule has 0 aromatic rings. The van der Waals surface area contributed by atoms with Crippen molar-refractivity contribution in [1.82, 2.24) is 0 Å². The zero-order valence-corrected chi connectivity index (χ0v) is 47.0. The van der Waals surface area contributed by atoms with Crippen molar-refractivity contribution in [2.24, 2.45) is 0 Å². The van der Waals surface area contributed by atoms with Gasteiger partial charge in [0.25, 0.3) is 0 Å². The van der Waals surface area contributed by atoms with Crippen LogP contribution in [0.25, 0.3) is 0 Å². The molecule has 0 spiro atoms. The van der Waals surface area contributed by atoms with E-state index in [9.17, 15) is 0 Å². The largest absolute Gasteiger partial charge is 1.00 e. The fourth-order valence-electron chi connectivity index (χ4n) is 1.59. The summed E-state index contributed by atoms with van der Waals surface area (Å²) in [7, 11) is -37.0. The van der Waals surface area contributed by atoms with Gasteiger partial charge in [-0.2, -0.15) is 0 Å². The quantitative estimate of drug-likeness (QED) is 0.228. The standard InChI is InChI=1S/36CN.6Fe.K/c36*1-2;;;;;;;/q;;;;;;;;;;;;;;;;;;;;;;;;;;;;;;;;;;;;6*-3;+1. The summed E-state index contributed by atoms with van der Waals surface area (Å²) in [6.07, 6.45) is 0. The Hall–Kier alpha value is -13.6. The molecule has 79 heavy (non-hydrogen) atoms. The van der Waals surface area contributed by atoms with Gasteiger partial charge in [-0.25, -0.2) is 0 Å². The number of nitrogens with zero attached hydrogens (tertiary/aromatic N) is 36. The number of nitriles is 36. The van der Waals surface area contributed by atoms with Gasteiger partial charge in [0.2, 0.25) is 0 Å². The van der Waals surface area contributed by atoms with Crippen LogP contribution in [0.3, 0.4) is 0 Å². The molecular weight excluding hydrogens is 1310 g/mol. The molecule has 0 saturated carbocycles. The molecule has 0 aromatic heterocycles. The normalized spacial score (nSPS) is 13.2. The molecule has 0 aromatic carbocycles. The van der Waals surface area contributed by atoms with Gasteiger partial charge in [-0.1, -0.05) is 0 Å². The van der Waals surface area contributed by atoms with E-state index in [1.165, 1.54) is 0 Å². The van der Waals surface area contributed by atoms with E-state index in [0.717, 1.165) is 179 Å². The molecule has 0 radical (unpaired) electrons. The maximum atomic E-state index is 8.58. The molecule has 0 saturated heterocycles. The van der Waals surface area contributed by atoms with E-state index in [1.54, 1.807) is 0 Å². The summed E-state index contributed by atoms with van der Waals surface area (Å²) in [5.74, 6) is 0. The summed E-state index contributed by atoms with van der Waals surface area (Å²) in [5.41, 5.74) is 0. The Balaban J connectivity index is -0.000000157. The second kappa shape index (κ2) is 20.5. The average Bonchev–Trinajstić information content (AvgIpc) is 3.56. The van der Waals surface area contributed by atoms with Crippen LogP contribution in [0.1, 0.15) is 0 Å². The van der Waals surface area contributed by atoms with E-state index in [4.69, 9.17) is 189 Å². The van der Waals surface area contributed by atoms with Gasteiger partial charge in [0.15, 0.2) is 0 Å². The molecule has 0 fully saturated rings. The van der Waals surface area contributed by atoms with Crippen molar-refractivity contribution in [3.05, 3.63) is 0 Å². The first-order valence-electron chi connectivity index (χ1n) is 14.4. The fraction of sp³-hybridized carbons (Fsp3) is 0. The topological polar surface area (TPSA) is 856 Å². The summed E-state index contributed by atoms with van der Waals surface area (Å²) in [6.45, 7) is 0. The summed E-state index contributed by atoms with van der Waals surface area (Å²) in [4.78, 5) is 37.1. The predicted octanol–water partition coefficient (Wildman–Crippen LogP) is -2.41. The molecular formula is C36Fe6KN36-17. The van der Waals surface area contributed by atoms with Crippen molar-refractivity contribution in [3.63, 3.8) is 0 Å². The van der Waals surface area contributed by atoms with Crippen molar-refractivity contribution in [2.45, 2.75) is 0 Å². The zero-order chi connectivity index (χ0) is 63.9. The van der Waals surface area contributed by atoms with Crippen LogP contribution >= 0.6 is 0 Å². The van der Waals surface area contributed by atoms with Gasteiger partial charge in [0.1, 0.15) is 0 Å². The smallest absolute Gasteiger partial charge is 1.00 e. The SMILES string of the molecule is N#[C][Fe-3]([C]#N)([C]#N)([C]#N)([C]#N)[C]#N.N#[C][Fe-3]([C]#N)([C]#N)([C]#N)([C]#N)[C]#N.N#[C][Fe-3]([C]#N)([C]#N)([C]#N)([C]#N)[C]#N.N#[C][Fe-3]([C]#N)([C]#N)([C]#N)([C]#N)[C]#N.N#[C][Fe-3]([C]#N)([C]#N)([C]#N)([C]#N)[C]#N.N#[C][Fe-3]([C]#N)([C]#N)([C]#N)([C]#N)[C]#N.[K+]. The van der Waals surface area contributed by atoms with Crippen LogP contribution in [-0.4, -0.2) is 0 Å². The Morgan fingerprint density at radius 3 is 0.114 bits per heavy atom. The van der Waals surface area contributed by atoms with Crippen molar-refractivity contribution in [2.75, 3.05) is 0 Å². The molecule has 0 N–H and O–H groups in total. The Labute approximate surface area is 478 Å². The van der Waals surface area contributed by atoms with Gasteiger partial charge in [-0.3, -0.25) is 0 Å². The summed E-state index contributed by atoms with van der Waals surface area (Å²) < 4.78 is 0. The third-order valence-electron chi connectivity index (χ3n) is 7.12. The third kappa shape index (κ3) is 9.05. The molecule has 0 atom stereocenters. The fourth-order valence-corrected chi connectivity index (χ4v) is 6.56. The predicted molar refractivity (Wildman–Crippen MR) is 202 cm³/mol. The Kier molecular flexibility index (Phi) is 20.6. The number of hydrogen-bond acceptors (Lipinski definition) is 36. The zero-order valence-electron chi connectivity index (χ0n) is 37.2. The summed E-state index contributed by atoms with van der Waals surface area (Å²) >= 11 is 0. The third-order valence-corrected chi connectivity index (χ3v) is 29.3. The molecule has 0 bridgehead atoms. The number of rotatable bonds is 0. The molecule has 0 aliphatic carbocycles. The number of hydrogen-bond donors (Lipinski definition) is 0. The minimum Gasteiger partial charge on any atom is 1.00 e. The van der Waals surface area contributed by atoms with Crippen LogP contribution in [0.4, 0.5) is 0 Å².